The van der Waals surface area contributed by atoms with Crippen molar-refractivity contribution in [2.45, 2.75) is 65.8 Å². The van der Waals surface area contributed by atoms with Crippen molar-refractivity contribution in [3.63, 3.8) is 0 Å². The number of ether oxygens (including phenoxy) is 1. The Balaban J connectivity index is 1.59. The molecule has 2 aromatic carbocycles. The highest BCUT2D eigenvalue weighted by Gasteiger charge is 2.49. The molecule has 0 radical (unpaired) electrons. The lowest BCUT2D eigenvalue weighted by Crippen LogP contribution is -2.45. The van der Waals surface area contributed by atoms with Crippen molar-refractivity contribution in [3.05, 3.63) is 94.2 Å². The van der Waals surface area contributed by atoms with E-state index in [0.717, 1.165) is 57.4 Å². The number of aromatic nitrogens is 1. The van der Waals surface area contributed by atoms with Crippen molar-refractivity contribution in [1.29, 1.82) is 0 Å². The zero-order valence-electron chi connectivity index (χ0n) is 24.7. The predicted octanol–water partition coefficient (Wildman–Crippen LogP) is 7.16. The Morgan fingerprint density at radius 2 is 1.44 bits per heavy atom. The van der Waals surface area contributed by atoms with Crippen LogP contribution in [-0.4, -0.2) is 41.3 Å². The number of benzene rings is 2. The van der Waals surface area contributed by atoms with Crippen molar-refractivity contribution >= 4 is 22.5 Å². The molecule has 0 spiro atoms. The third-order valence-electron chi connectivity index (χ3n) is 8.94. The summed E-state index contributed by atoms with van der Waals surface area (Å²) >= 11 is 0. The molecule has 0 saturated carbocycles. The van der Waals surface area contributed by atoms with Gasteiger partial charge in [-0.3, -0.25) is 9.59 Å². The van der Waals surface area contributed by atoms with Gasteiger partial charge in [0.1, 0.15) is 5.82 Å². The summed E-state index contributed by atoms with van der Waals surface area (Å²) in [6, 6.07) is 14.8. The zero-order valence-corrected chi connectivity index (χ0v) is 24.7. The number of allylic oxidation sites excluding steroid dienone is 4. The van der Waals surface area contributed by atoms with Crippen molar-refractivity contribution in [3.8, 4) is 0 Å². The second kappa shape index (κ2) is 10.1. The van der Waals surface area contributed by atoms with Crippen molar-refractivity contribution in [2.24, 2.45) is 10.8 Å². The Kier molecular flexibility index (Phi) is 6.80. The number of nitrogens with zero attached hydrogens (tertiary/aromatic N) is 2. The van der Waals surface area contributed by atoms with Gasteiger partial charge < -0.3 is 14.2 Å². The van der Waals surface area contributed by atoms with Gasteiger partial charge in [0.05, 0.1) is 6.61 Å². The number of methoxy groups -OCH3 is 1. The number of halogens is 1. The molecule has 6 heteroatoms. The van der Waals surface area contributed by atoms with Crippen LogP contribution in [0.1, 0.15) is 70.4 Å². The average Bonchev–Trinajstić information content (AvgIpc) is 3.25. The lowest BCUT2D eigenvalue weighted by molar-refractivity contribution is -0.119. The molecular weight excluding hydrogens is 515 g/mol. The zero-order chi connectivity index (χ0) is 29.1. The molecule has 2 heterocycles. The number of ketones is 2. The first kappa shape index (κ1) is 27.6. The molecule has 41 heavy (non-hydrogen) atoms. The van der Waals surface area contributed by atoms with Gasteiger partial charge in [-0.25, -0.2) is 4.39 Å². The van der Waals surface area contributed by atoms with Gasteiger partial charge in [-0.15, -0.1) is 0 Å². The summed E-state index contributed by atoms with van der Waals surface area (Å²) in [5.74, 6) is -0.416. The largest absolute Gasteiger partial charge is 0.383 e. The Bertz CT molecular complexity index is 1550. The van der Waals surface area contributed by atoms with Crippen LogP contribution >= 0.6 is 0 Å². The molecular formula is C35H39FN2O3. The Hall–Kier alpha value is -3.51. The Morgan fingerprint density at radius 1 is 0.854 bits per heavy atom. The van der Waals surface area contributed by atoms with Crippen LogP contribution in [0.25, 0.3) is 10.9 Å². The lowest BCUT2D eigenvalue weighted by Gasteiger charge is -2.49. The van der Waals surface area contributed by atoms with Gasteiger partial charge in [-0.05, 0) is 53.0 Å². The number of hydrogen-bond donors (Lipinski definition) is 0. The third kappa shape index (κ3) is 4.97. The fourth-order valence-corrected chi connectivity index (χ4v) is 7.23. The lowest BCUT2D eigenvalue weighted by atomic mass is 9.63. The van der Waals surface area contributed by atoms with Crippen LogP contribution in [0.5, 0.6) is 0 Å². The molecule has 0 saturated heterocycles. The predicted molar refractivity (Wildman–Crippen MR) is 159 cm³/mol. The van der Waals surface area contributed by atoms with Gasteiger partial charge >= 0.3 is 0 Å². The highest BCUT2D eigenvalue weighted by atomic mass is 19.1. The maximum Gasteiger partial charge on any atom is 0.162 e. The van der Waals surface area contributed by atoms with E-state index >= 15 is 0 Å². The van der Waals surface area contributed by atoms with Crippen LogP contribution < -0.4 is 0 Å². The van der Waals surface area contributed by atoms with E-state index in [1.54, 1.807) is 19.2 Å². The van der Waals surface area contributed by atoms with Crippen LogP contribution in [0.4, 0.5) is 4.39 Å². The molecule has 0 bridgehead atoms. The van der Waals surface area contributed by atoms with E-state index in [0.29, 0.717) is 32.5 Å². The fourth-order valence-electron chi connectivity index (χ4n) is 7.23. The van der Waals surface area contributed by atoms with Crippen LogP contribution in [0.3, 0.4) is 0 Å². The molecule has 0 N–H and O–H groups in total. The van der Waals surface area contributed by atoms with E-state index in [2.05, 4.69) is 55.5 Å². The summed E-state index contributed by atoms with van der Waals surface area (Å²) in [4.78, 5) is 30.5. The van der Waals surface area contributed by atoms with Gasteiger partial charge in [-0.1, -0.05) is 58.0 Å². The summed E-state index contributed by atoms with van der Waals surface area (Å²) in [7, 11) is 1.69. The van der Waals surface area contributed by atoms with Gasteiger partial charge in [-0.2, -0.15) is 0 Å². The topological polar surface area (TPSA) is 51.5 Å². The van der Waals surface area contributed by atoms with Gasteiger partial charge in [0.15, 0.2) is 11.6 Å². The molecule has 3 aliphatic rings. The maximum atomic E-state index is 14.1. The highest BCUT2D eigenvalue weighted by molar-refractivity contribution is 6.08. The molecule has 6 rings (SSSR count). The Labute approximate surface area is 241 Å². The van der Waals surface area contributed by atoms with E-state index in [-0.39, 0.29) is 28.2 Å². The number of rotatable bonds is 6. The summed E-state index contributed by atoms with van der Waals surface area (Å²) < 4.78 is 21.3. The number of fused-ring (bicyclic) bond motifs is 1. The highest BCUT2D eigenvalue weighted by Crippen LogP contribution is 2.55. The average molecular weight is 555 g/mol. The number of para-hydroxylation sites is 1. The summed E-state index contributed by atoms with van der Waals surface area (Å²) in [6.45, 7) is 10.3. The summed E-state index contributed by atoms with van der Waals surface area (Å²) in [5.41, 5.74) is 6.32. The molecule has 0 fully saturated rings. The van der Waals surface area contributed by atoms with Crippen LogP contribution in [0, 0.1) is 16.6 Å². The van der Waals surface area contributed by atoms with E-state index in [4.69, 9.17) is 4.74 Å². The summed E-state index contributed by atoms with van der Waals surface area (Å²) in [6.07, 6.45) is 4.58. The van der Waals surface area contributed by atoms with Crippen molar-refractivity contribution < 1.29 is 18.7 Å². The van der Waals surface area contributed by atoms with Crippen LogP contribution in [0.15, 0.2) is 77.3 Å². The molecule has 1 aliphatic heterocycles. The van der Waals surface area contributed by atoms with Crippen LogP contribution in [-0.2, 0) is 20.9 Å². The minimum absolute atomic E-state index is 0.128. The SMILES string of the molecule is COCCN1C2=C(C(=O)CC(C)(C)C2)C(c2cn(Cc3ccc(F)cc3)c3ccccc23)C2=C1CC(C)(C)CC2=O. The van der Waals surface area contributed by atoms with Crippen LogP contribution in [0.2, 0.25) is 0 Å². The third-order valence-corrected chi connectivity index (χ3v) is 8.94. The minimum atomic E-state index is -0.412. The van der Waals surface area contributed by atoms with E-state index < -0.39 is 5.92 Å². The molecule has 0 atom stereocenters. The van der Waals surface area contributed by atoms with Crippen molar-refractivity contribution in [2.75, 3.05) is 20.3 Å². The molecule has 1 aromatic heterocycles. The quantitative estimate of drug-likeness (QED) is 0.324. The smallest absolute Gasteiger partial charge is 0.162 e. The molecule has 214 valence electrons. The number of carbonyl (C=O) groups excluding carboxylic acids is 2. The first-order valence-electron chi connectivity index (χ1n) is 14.6. The molecule has 0 unspecified atom stereocenters. The Morgan fingerprint density at radius 3 is 2.02 bits per heavy atom. The number of Topliss-reactive ketones (excluding diaryl/α,β-unsaturated/α-hetero) is 2. The summed E-state index contributed by atoms with van der Waals surface area (Å²) in [5, 5.41) is 1.04. The first-order chi connectivity index (χ1) is 19.5. The second-order valence-electron chi connectivity index (χ2n) is 13.5. The molecule has 3 aromatic rings. The maximum absolute atomic E-state index is 14.1. The number of hydrogen-bond acceptors (Lipinski definition) is 4. The standard InChI is InChI=1S/C35H39FN2O3/c1-34(2)16-27-32(29(39)18-34)31(33-28(38(27)14-15-41-5)17-35(3,4)19-30(33)40)25-21-37(26-9-7-6-8-24(25)26)20-22-10-12-23(36)13-11-22/h6-13,21,31H,14-20H2,1-5H3. The fraction of sp³-hybridized carbons (Fsp3) is 0.429. The monoisotopic (exact) mass is 554 g/mol. The number of carbonyl (C=O) groups is 2. The normalized spacial score (nSPS) is 20.6. The van der Waals surface area contributed by atoms with Crippen molar-refractivity contribution in [1.82, 2.24) is 9.47 Å². The molecule has 5 nitrogen and oxygen atoms in total. The van der Waals surface area contributed by atoms with E-state index in [1.165, 1.54) is 12.1 Å². The van der Waals surface area contributed by atoms with E-state index in [1.807, 2.05) is 12.1 Å². The van der Waals surface area contributed by atoms with Gasteiger partial charge in [0.25, 0.3) is 0 Å². The molecule has 0 amide bonds. The van der Waals surface area contributed by atoms with Gasteiger partial charge in [0, 0.05) is 78.6 Å². The second-order valence-corrected chi connectivity index (χ2v) is 13.5. The first-order valence-corrected chi connectivity index (χ1v) is 14.6. The minimum Gasteiger partial charge on any atom is -0.383 e. The van der Waals surface area contributed by atoms with Gasteiger partial charge in [0.2, 0.25) is 0 Å². The van der Waals surface area contributed by atoms with E-state index in [9.17, 15) is 14.0 Å². The molecule has 2 aliphatic carbocycles.